The van der Waals surface area contributed by atoms with E-state index in [9.17, 15) is 9.59 Å². The maximum Gasteiger partial charge on any atom is 0.237 e. The Hall–Kier alpha value is -0.900. The van der Waals surface area contributed by atoms with Crippen molar-refractivity contribution in [2.75, 3.05) is 7.05 Å². The van der Waals surface area contributed by atoms with E-state index >= 15 is 0 Å². The summed E-state index contributed by atoms with van der Waals surface area (Å²) in [6, 6.07) is -0.706. The lowest BCUT2D eigenvalue weighted by molar-refractivity contribution is -0.133. The van der Waals surface area contributed by atoms with Gasteiger partial charge in [0.2, 0.25) is 5.91 Å². The van der Waals surface area contributed by atoms with Crippen LogP contribution in [0.5, 0.6) is 0 Å². The molecule has 0 aromatic carbocycles. The third kappa shape index (κ3) is 4.86. The zero-order valence-electron chi connectivity index (χ0n) is 12.0. The van der Waals surface area contributed by atoms with Gasteiger partial charge in [0.15, 0.2) is 5.78 Å². The molecule has 2 unspecified atom stereocenters. The average Bonchev–Trinajstić information content (AvgIpc) is 2.15. The van der Waals surface area contributed by atoms with Crippen molar-refractivity contribution in [2.24, 2.45) is 11.3 Å². The van der Waals surface area contributed by atoms with Crippen LogP contribution in [-0.4, -0.2) is 30.8 Å². The fourth-order valence-corrected chi connectivity index (χ4v) is 1.79. The van der Waals surface area contributed by atoms with Crippen LogP contribution in [-0.2, 0) is 9.59 Å². The number of hydrogen-bond acceptors (Lipinski definition) is 3. The summed E-state index contributed by atoms with van der Waals surface area (Å²) < 4.78 is 0. The third-order valence-electron chi connectivity index (χ3n) is 2.75. The first kappa shape index (κ1) is 16.1. The minimum atomic E-state index is -0.447. The summed E-state index contributed by atoms with van der Waals surface area (Å²) in [6.45, 7) is 11.2. The molecule has 0 aliphatic heterocycles. The lowest BCUT2D eigenvalue weighted by atomic mass is 9.87. The van der Waals surface area contributed by atoms with Gasteiger partial charge in [-0.15, -0.1) is 0 Å². The molecule has 0 spiro atoms. The summed E-state index contributed by atoms with van der Waals surface area (Å²) in [5, 5.41) is 5.73. The second-order valence-corrected chi connectivity index (χ2v) is 5.85. The minimum absolute atomic E-state index is 0.0458. The number of nitrogens with one attached hydrogen (secondary N) is 2. The number of carbonyl (C=O) groups excluding carboxylic acids is 2. The standard InChI is InChI=1S/C13H26N2O2/c1-8(2)10(14-7)12(17)15-9(3)11(16)13(4,5)6/h8-10,14H,1-7H3,(H,15,17). The monoisotopic (exact) mass is 242 g/mol. The fourth-order valence-electron chi connectivity index (χ4n) is 1.79. The SMILES string of the molecule is CNC(C(=O)NC(C)C(=O)C(C)(C)C)C(C)C. The van der Waals surface area contributed by atoms with Crippen LogP contribution in [0.2, 0.25) is 0 Å². The normalized spacial score (nSPS) is 15.5. The molecule has 0 aromatic rings. The van der Waals surface area contributed by atoms with Gasteiger partial charge in [-0.1, -0.05) is 34.6 Å². The minimum Gasteiger partial charge on any atom is -0.345 e. The van der Waals surface area contributed by atoms with E-state index in [1.165, 1.54) is 0 Å². The van der Waals surface area contributed by atoms with Gasteiger partial charge in [0.05, 0.1) is 12.1 Å². The molecule has 0 saturated heterocycles. The molecule has 1 amide bonds. The Kier molecular flexibility index (Phi) is 5.82. The molecule has 17 heavy (non-hydrogen) atoms. The third-order valence-corrected chi connectivity index (χ3v) is 2.75. The molecule has 0 bridgehead atoms. The zero-order valence-corrected chi connectivity index (χ0v) is 12.0. The number of hydrogen-bond donors (Lipinski definition) is 2. The van der Waals surface area contributed by atoms with Crippen molar-refractivity contribution in [3.05, 3.63) is 0 Å². The van der Waals surface area contributed by atoms with Crippen LogP contribution in [0.15, 0.2) is 0 Å². The topological polar surface area (TPSA) is 58.2 Å². The quantitative estimate of drug-likeness (QED) is 0.765. The number of Topliss-reactive ketones (excluding diaryl/α,β-unsaturated/α-hetero) is 1. The Morgan fingerprint density at radius 3 is 1.82 bits per heavy atom. The fraction of sp³-hybridized carbons (Fsp3) is 0.846. The molecule has 0 aromatic heterocycles. The first-order valence-electron chi connectivity index (χ1n) is 6.13. The maximum absolute atomic E-state index is 11.9. The van der Waals surface area contributed by atoms with Gasteiger partial charge in [-0.05, 0) is 19.9 Å². The van der Waals surface area contributed by atoms with Gasteiger partial charge in [-0.3, -0.25) is 9.59 Å². The molecule has 0 aliphatic rings. The lowest BCUT2D eigenvalue weighted by Crippen LogP contribution is -2.52. The van der Waals surface area contributed by atoms with Gasteiger partial charge in [0.25, 0.3) is 0 Å². The van der Waals surface area contributed by atoms with E-state index in [0.29, 0.717) is 0 Å². The summed E-state index contributed by atoms with van der Waals surface area (Å²) in [5.74, 6) is 0.119. The van der Waals surface area contributed by atoms with E-state index in [1.54, 1.807) is 14.0 Å². The molecule has 2 N–H and O–H groups in total. The van der Waals surface area contributed by atoms with Crippen molar-refractivity contribution in [3.8, 4) is 0 Å². The molecule has 0 heterocycles. The number of ketones is 1. The second kappa shape index (κ2) is 6.15. The molecule has 0 rings (SSSR count). The number of rotatable bonds is 5. The molecule has 0 aliphatic carbocycles. The summed E-state index contributed by atoms with van der Waals surface area (Å²) in [7, 11) is 1.75. The van der Waals surface area contributed by atoms with E-state index in [4.69, 9.17) is 0 Å². The number of likely N-dealkylation sites (N-methyl/N-ethyl adjacent to an activating group) is 1. The zero-order chi connectivity index (χ0) is 13.8. The van der Waals surface area contributed by atoms with Crippen LogP contribution in [0.1, 0.15) is 41.5 Å². The van der Waals surface area contributed by atoms with E-state index < -0.39 is 11.5 Å². The van der Waals surface area contributed by atoms with Crippen LogP contribution < -0.4 is 10.6 Å². The summed E-state index contributed by atoms with van der Waals surface area (Å²) in [6.07, 6.45) is 0. The highest BCUT2D eigenvalue weighted by Gasteiger charge is 2.29. The molecular formula is C13H26N2O2. The van der Waals surface area contributed by atoms with Crippen molar-refractivity contribution >= 4 is 11.7 Å². The number of amides is 1. The molecule has 2 atom stereocenters. The van der Waals surface area contributed by atoms with Gasteiger partial charge in [0, 0.05) is 5.41 Å². The number of carbonyl (C=O) groups is 2. The highest BCUT2D eigenvalue weighted by atomic mass is 16.2. The van der Waals surface area contributed by atoms with E-state index in [2.05, 4.69) is 10.6 Å². The average molecular weight is 242 g/mol. The molecule has 0 fully saturated rings. The van der Waals surface area contributed by atoms with Crippen LogP contribution in [0, 0.1) is 11.3 Å². The highest BCUT2D eigenvalue weighted by molar-refractivity contribution is 5.93. The first-order valence-corrected chi connectivity index (χ1v) is 6.13. The van der Waals surface area contributed by atoms with Crippen molar-refractivity contribution in [2.45, 2.75) is 53.6 Å². The molecular weight excluding hydrogens is 216 g/mol. The Morgan fingerprint density at radius 1 is 1.06 bits per heavy atom. The van der Waals surface area contributed by atoms with Crippen LogP contribution in [0.25, 0.3) is 0 Å². The molecule has 100 valence electrons. The lowest BCUT2D eigenvalue weighted by Gasteiger charge is -2.25. The van der Waals surface area contributed by atoms with Crippen LogP contribution in [0.3, 0.4) is 0 Å². The largest absolute Gasteiger partial charge is 0.345 e. The van der Waals surface area contributed by atoms with Crippen LogP contribution >= 0.6 is 0 Å². The predicted octanol–water partition coefficient (Wildman–Crippen LogP) is 1.35. The first-order chi connectivity index (χ1) is 7.61. The smallest absolute Gasteiger partial charge is 0.237 e. The van der Waals surface area contributed by atoms with E-state index in [-0.39, 0.29) is 23.7 Å². The molecule has 4 heteroatoms. The Bertz CT molecular complexity index is 280. The van der Waals surface area contributed by atoms with Gasteiger partial charge in [-0.25, -0.2) is 0 Å². The van der Waals surface area contributed by atoms with Crippen molar-refractivity contribution in [1.82, 2.24) is 10.6 Å². The highest BCUT2D eigenvalue weighted by Crippen LogP contribution is 2.16. The summed E-state index contributed by atoms with van der Waals surface area (Å²) >= 11 is 0. The second-order valence-electron chi connectivity index (χ2n) is 5.85. The predicted molar refractivity (Wildman–Crippen MR) is 69.8 cm³/mol. The van der Waals surface area contributed by atoms with Gasteiger partial charge in [-0.2, -0.15) is 0 Å². The van der Waals surface area contributed by atoms with Gasteiger partial charge < -0.3 is 10.6 Å². The summed E-state index contributed by atoms with van der Waals surface area (Å²) in [5.41, 5.74) is -0.431. The van der Waals surface area contributed by atoms with Crippen molar-refractivity contribution in [3.63, 3.8) is 0 Å². The molecule has 0 saturated carbocycles. The Balaban J connectivity index is 4.54. The van der Waals surface area contributed by atoms with Gasteiger partial charge >= 0.3 is 0 Å². The van der Waals surface area contributed by atoms with E-state index in [1.807, 2.05) is 34.6 Å². The molecule has 0 radical (unpaired) electrons. The molecule has 4 nitrogen and oxygen atoms in total. The Labute approximate surface area is 105 Å². The van der Waals surface area contributed by atoms with Crippen molar-refractivity contribution < 1.29 is 9.59 Å². The Morgan fingerprint density at radius 2 is 1.53 bits per heavy atom. The van der Waals surface area contributed by atoms with Gasteiger partial charge in [0.1, 0.15) is 0 Å². The van der Waals surface area contributed by atoms with Crippen molar-refractivity contribution in [1.29, 1.82) is 0 Å². The maximum atomic E-state index is 11.9. The summed E-state index contributed by atoms with van der Waals surface area (Å²) in [4.78, 5) is 23.9. The van der Waals surface area contributed by atoms with Crippen LogP contribution in [0.4, 0.5) is 0 Å². The van der Waals surface area contributed by atoms with E-state index in [0.717, 1.165) is 0 Å².